The Morgan fingerprint density at radius 3 is 2.84 bits per heavy atom. The van der Waals surface area contributed by atoms with Crippen LogP contribution in [0.25, 0.3) is 0 Å². The average molecular weight is 264 g/mol. The van der Waals surface area contributed by atoms with Gasteiger partial charge in [0.1, 0.15) is 5.82 Å². The molecule has 0 atom stereocenters. The van der Waals surface area contributed by atoms with Crippen molar-refractivity contribution in [2.24, 2.45) is 0 Å². The highest BCUT2D eigenvalue weighted by Gasteiger charge is 2.10. The molecule has 0 aliphatic rings. The third-order valence-electron chi connectivity index (χ3n) is 2.48. The zero-order valence-corrected chi connectivity index (χ0v) is 11.2. The summed E-state index contributed by atoms with van der Waals surface area (Å²) in [4.78, 5) is 3.97. The maximum atomic E-state index is 13.2. The summed E-state index contributed by atoms with van der Waals surface area (Å²) in [7, 11) is 0. The van der Waals surface area contributed by atoms with Gasteiger partial charge in [-0.25, -0.2) is 9.37 Å². The number of ether oxygens (including phenoxy) is 1. The minimum atomic E-state index is -0.383. The number of nitrogens with one attached hydrogen (secondary N) is 2. The highest BCUT2D eigenvalue weighted by Crippen LogP contribution is 2.22. The van der Waals surface area contributed by atoms with Gasteiger partial charge in [0.15, 0.2) is 0 Å². The Morgan fingerprint density at radius 2 is 2.21 bits per heavy atom. The van der Waals surface area contributed by atoms with Crippen LogP contribution in [0, 0.1) is 12.7 Å². The normalized spacial score (nSPS) is 11.0. The van der Waals surface area contributed by atoms with Crippen LogP contribution in [0.3, 0.4) is 0 Å². The number of aromatic nitrogens is 3. The lowest BCUT2D eigenvalue weighted by Gasteiger charge is -2.11. The Balaban J connectivity index is 2.18. The number of rotatable bonds is 5. The highest BCUT2D eigenvalue weighted by atomic mass is 19.1. The molecule has 2 rings (SSSR count). The summed E-state index contributed by atoms with van der Waals surface area (Å²) in [6.45, 7) is 6.40. The van der Waals surface area contributed by atoms with Crippen LogP contribution in [0.4, 0.5) is 4.39 Å². The second-order valence-electron chi connectivity index (χ2n) is 4.64. The van der Waals surface area contributed by atoms with Crippen LogP contribution in [0.2, 0.25) is 0 Å². The zero-order valence-electron chi connectivity index (χ0n) is 11.2. The fraction of sp³-hybridized carbons (Fsp3) is 0.385. The molecule has 2 N–H and O–H groups in total. The molecule has 0 saturated carbocycles. The van der Waals surface area contributed by atoms with Crippen molar-refractivity contribution < 1.29 is 9.13 Å². The van der Waals surface area contributed by atoms with E-state index in [-0.39, 0.29) is 5.82 Å². The first-order valence-corrected chi connectivity index (χ1v) is 6.12. The van der Waals surface area contributed by atoms with Crippen LogP contribution in [0.15, 0.2) is 18.3 Å². The lowest BCUT2D eigenvalue weighted by molar-refractivity contribution is 0.429. The van der Waals surface area contributed by atoms with E-state index in [0.717, 1.165) is 11.9 Å². The van der Waals surface area contributed by atoms with E-state index < -0.39 is 0 Å². The van der Waals surface area contributed by atoms with Gasteiger partial charge in [-0.2, -0.15) is 0 Å². The highest BCUT2D eigenvalue weighted by molar-refractivity contribution is 5.30. The molecule has 2 heterocycles. The lowest BCUT2D eigenvalue weighted by Crippen LogP contribution is -2.22. The monoisotopic (exact) mass is 264 g/mol. The van der Waals surface area contributed by atoms with Gasteiger partial charge >= 0.3 is 0 Å². The van der Waals surface area contributed by atoms with Gasteiger partial charge in [-0.1, -0.05) is 13.8 Å². The molecule has 0 radical (unpaired) electrons. The van der Waals surface area contributed by atoms with Crippen LogP contribution in [-0.2, 0) is 6.54 Å². The van der Waals surface area contributed by atoms with Crippen LogP contribution < -0.4 is 10.1 Å². The first kappa shape index (κ1) is 13.5. The number of hydrogen-bond acceptors (Lipinski definition) is 4. The van der Waals surface area contributed by atoms with Gasteiger partial charge in [0.25, 0.3) is 0 Å². The summed E-state index contributed by atoms with van der Waals surface area (Å²) in [5.41, 5.74) is 1.55. The number of H-pyrrole nitrogens is 1. The van der Waals surface area contributed by atoms with E-state index in [2.05, 4.69) is 20.5 Å². The smallest absolute Gasteiger partial charge is 0.240 e. The van der Waals surface area contributed by atoms with Crippen molar-refractivity contribution in [2.75, 3.05) is 0 Å². The first-order chi connectivity index (χ1) is 9.04. The van der Waals surface area contributed by atoms with Crippen LogP contribution in [-0.4, -0.2) is 21.2 Å². The molecule has 0 unspecified atom stereocenters. The molecule has 5 nitrogen and oxygen atoms in total. The molecule has 0 aromatic carbocycles. The molecule has 0 spiro atoms. The first-order valence-electron chi connectivity index (χ1n) is 6.12. The fourth-order valence-corrected chi connectivity index (χ4v) is 1.55. The molecule has 102 valence electrons. The molecular formula is C13H17FN4O. The summed E-state index contributed by atoms with van der Waals surface area (Å²) >= 11 is 0. The standard InChI is InChI=1S/C13H17FN4O/c1-8(2)15-6-10-5-11(14)7-16-13(10)19-12-4-9(3)17-18-12/h4-5,7-8,15H,6H2,1-3H3,(H,17,18). The second kappa shape index (κ2) is 5.79. The van der Waals surface area contributed by atoms with Crippen molar-refractivity contribution in [3.05, 3.63) is 35.4 Å². The molecule has 0 fully saturated rings. The van der Waals surface area contributed by atoms with Gasteiger partial charge in [0.05, 0.1) is 6.20 Å². The van der Waals surface area contributed by atoms with E-state index >= 15 is 0 Å². The molecule has 2 aromatic rings. The number of aromatic amines is 1. The van der Waals surface area contributed by atoms with Gasteiger partial charge in [-0.05, 0) is 13.0 Å². The van der Waals surface area contributed by atoms with E-state index in [1.165, 1.54) is 6.07 Å². The summed E-state index contributed by atoms with van der Waals surface area (Å²) in [6, 6.07) is 3.46. The predicted molar refractivity (Wildman–Crippen MR) is 69.6 cm³/mol. The molecule has 0 saturated heterocycles. The molecule has 0 aliphatic carbocycles. The van der Waals surface area contributed by atoms with Crippen molar-refractivity contribution in [3.63, 3.8) is 0 Å². The molecule has 0 aliphatic heterocycles. The number of hydrogen-bond donors (Lipinski definition) is 2. The second-order valence-corrected chi connectivity index (χ2v) is 4.64. The SMILES string of the molecule is Cc1cc(Oc2ncc(F)cc2CNC(C)C)n[nH]1. The fourth-order valence-electron chi connectivity index (χ4n) is 1.55. The van der Waals surface area contributed by atoms with Gasteiger partial charge in [0, 0.05) is 29.9 Å². The maximum absolute atomic E-state index is 13.2. The molecular weight excluding hydrogens is 247 g/mol. The molecule has 2 aromatic heterocycles. The number of nitrogens with zero attached hydrogens (tertiary/aromatic N) is 2. The van der Waals surface area contributed by atoms with Gasteiger partial charge in [-0.3, -0.25) is 5.10 Å². The minimum Gasteiger partial charge on any atom is -0.419 e. The summed E-state index contributed by atoms with van der Waals surface area (Å²) < 4.78 is 18.8. The summed E-state index contributed by atoms with van der Waals surface area (Å²) in [5, 5.41) is 9.95. The zero-order chi connectivity index (χ0) is 13.8. The molecule has 19 heavy (non-hydrogen) atoms. The van der Waals surface area contributed by atoms with Crippen molar-refractivity contribution in [1.29, 1.82) is 0 Å². The van der Waals surface area contributed by atoms with E-state index in [4.69, 9.17) is 4.74 Å². The third-order valence-corrected chi connectivity index (χ3v) is 2.48. The van der Waals surface area contributed by atoms with Gasteiger partial charge in [-0.15, -0.1) is 5.10 Å². The molecule has 6 heteroatoms. The quantitative estimate of drug-likeness (QED) is 0.871. The summed E-state index contributed by atoms with van der Waals surface area (Å²) in [6.07, 6.45) is 1.13. The lowest BCUT2D eigenvalue weighted by atomic mass is 10.2. The van der Waals surface area contributed by atoms with Crippen molar-refractivity contribution in [1.82, 2.24) is 20.5 Å². The minimum absolute atomic E-state index is 0.295. The molecule has 0 amide bonds. The topological polar surface area (TPSA) is 62.8 Å². The number of pyridine rings is 1. The Hall–Kier alpha value is -1.95. The van der Waals surface area contributed by atoms with Crippen LogP contribution in [0.1, 0.15) is 25.1 Å². The average Bonchev–Trinajstić information content (AvgIpc) is 2.75. The van der Waals surface area contributed by atoms with E-state index in [1.807, 2.05) is 20.8 Å². The Kier molecular flexibility index (Phi) is 4.11. The predicted octanol–water partition coefficient (Wildman–Crippen LogP) is 2.54. The van der Waals surface area contributed by atoms with Gasteiger partial charge in [0.2, 0.25) is 11.8 Å². The van der Waals surface area contributed by atoms with Gasteiger partial charge < -0.3 is 10.1 Å². The third kappa shape index (κ3) is 3.75. The van der Waals surface area contributed by atoms with Crippen LogP contribution in [0.5, 0.6) is 11.8 Å². The maximum Gasteiger partial charge on any atom is 0.240 e. The Labute approximate surface area is 111 Å². The van der Waals surface area contributed by atoms with Crippen molar-refractivity contribution >= 4 is 0 Å². The van der Waals surface area contributed by atoms with Crippen molar-refractivity contribution in [2.45, 2.75) is 33.4 Å². The van der Waals surface area contributed by atoms with Crippen molar-refractivity contribution in [3.8, 4) is 11.8 Å². The van der Waals surface area contributed by atoms with E-state index in [1.54, 1.807) is 6.07 Å². The Bertz CT molecular complexity index is 553. The van der Waals surface area contributed by atoms with E-state index in [0.29, 0.717) is 29.9 Å². The number of aryl methyl sites for hydroxylation is 1. The number of halogens is 1. The summed E-state index contributed by atoms with van der Waals surface area (Å²) in [5.74, 6) is 0.398. The Morgan fingerprint density at radius 1 is 1.42 bits per heavy atom. The van der Waals surface area contributed by atoms with E-state index in [9.17, 15) is 4.39 Å². The molecule has 0 bridgehead atoms. The van der Waals surface area contributed by atoms with Crippen LogP contribution >= 0.6 is 0 Å². The largest absolute Gasteiger partial charge is 0.419 e.